The van der Waals surface area contributed by atoms with Gasteiger partial charge < -0.3 is 77.6 Å². The minimum atomic E-state index is -1.83. The summed E-state index contributed by atoms with van der Waals surface area (Å²) in [6, 6.07) is 9.90. The number of unbranched alkanes of at least 4 members (excludes halogenated alkanes) is 1. The number of fused-ring (bicyclic) bond motifs is 2. The van der Waals surface area contributed by atoms with Crippen LogP contribution >= 0.6 is 21.6 Å². The summed E-state index contributed by atoms with van der Waals surface area (Å²) < 4.78 is 11.0. The highest BCUT2D eigenvalue weighted by Gasteiger charge is 2.39. The molecular formula is C70H96N10O16S2. The standard InChI is InChI=1S/C70H96N10O16S2/c1-10-18-58(86)71-32-17-24-56(84)59(40(2)81)79-65(91)55-39-98-97-38-54(76-64(90)53(78-68(94)96-70(7,8)9)35-46-37-73-50-22-14-13-21-49(46)50)57(85)36-45(33-42-25-29-47(83)30-26-42)61(87)75-52(34-44-28-27-43-19-11-12-20-48(43)44)63(89)74-51(62(88)80-60(41(3)82)66(92)77-55)23-15-16-31-72-67(93)95-69(4,5)6/h11-14,19-22,25-26,28-30,37,40-41,45,51-55,59-60,73,81-83H,10,15-18,23-24,27,31-36,38-39H2,1-9H3,(H,71,86)(H,72,93)(H,74,89)(H,75,87)(H,76,90)(H,77,92)(H,78,94)(H,79,91)(H,80,88)/t40-,41-,45-,51+,52-,53-,54+,55+,59+,60+/m1/s1. The molecule has 2 aliphatic rings. The summed E-state index contributed by atoms with van der Waals surface area (Å²) in [5.74, 6) is -9.08. The second kappa shape index (κ2) is 37.5. The number of aromatic nitrogens is 1. The van der Waals surface area contributed by atoms with Crippen LogP contribution in [-0.4, -0.2) is 176 Å². The third-order valence-electron chi connectivity index (χ3n) is 16.0. The maximum atomic E-state index is 15.4. The lowest BCUT2D eigenvalue weighted by Gasteiger charge is -2.29. The molecule has 28 heteroatoms. The number of allylic oxidation sites excluding steroid dienone is 1. The highest BCUT2D eigenvalue weighted by atomic mass is 33.1. The van der Waals surface area contributed by atoms with E-state index in [9.17, 15) is 53.7 Å². The first kappa shape index (κ1) is 78.5. The minimum Gasteiger partial charge on any atom is -0.508 e. The van der Waals surface area contributed by atoms with Crippen LogP contribution in [0.3, 0.4) is 0 Å². The Morgan fingerprint density at radius 3 is 2.04 bits per heavy atom. The summed E-state index contributed by atoms with van der Waals surface area (Å²) in [5.41, 5.74) is 2.50. The average Bonchev–Trinajstić information content (AvgIpc) is 1.62. The van der Waals surface area contributed by atoms with Crippen molar-refractivity contribution in [1.82, 2.24) is 52.8 Å². The van der Waals surface area contributed by atoms with Gasteiger partial charge >= 0.3 is 12.2 Å². The number of nitrogens with one attached hydrogen (secondary N) is 10. The lowest BCUT2D eigenvalue weighted by atomic mass is 9.90. The van der Waals surface area contributed by atoms with Crippen LogP contribution in [-0.2, 0) is 71.9 Å². The number of alkyl carbamates (subject to hydrolysis) is 2. The number of Topliss-reactive ketones (excluding diaryl/α,β-unsaturated/α-hetero) is 2. The van der Waals surface area contributed by atoms with E-state index in [1.54, 1.807) is 59.9 Å². The summed E-state index contributed by atoms with van der Waals surface area (Å²) >= 11 is 0. The van der Waals surface area contributed by atoms with E-state index in [0.29, 0.717) is 29.5 Å². The van der Waals surface area contributed by atoms with Gasteiger partial charge in [0.05, 0.1) is 18.2 Å². The first-order valence-electron chi connectivity index (χ1n) is 33.2. The summed E-state index contributed by atoms with van der Waals surface area (Å²) in [6.07, 6.45) is -0.488. The van der Waals surface area contributed by atoms with Gasteiger partial charge in [-0.3, -0.25) is 43.2 Å². The highest BCUT2D eigenvalue weighted by Crippen LogP contribution is 2.32. The quantitative estimate of drug-likeness (QED) is 0.0300. The number of benzene rings is 3. The number of amides is 9. The number of H-pyrrole nitrogens is 1. The molecule has 4 aromatic rings. The normalized spacial score (nSPS) is 20.4. The van der Waals surface area contributed by atoms with Gasteiger partial charge in [0.25, 0.3) is 0 Å². The maximum Gasteiger partial charge on any atom is 0.408 e. The minimum absolute atomic E-state index is 0.0824. The number of aromatic hydroxyl groups is 1. The predicted molar refractivity (Wildman–Crippen MR) is 373 cm³/mol. The molecule has 3 aromatic carbocycles. The Bertz CT molecular complexity index is 3470. The van der Waals surface area contributed by atoms with Gasteiger partial charge in [0.1, 0.15) is 53.2 Å². The SMILES string of the molecule is CCCC(=O)NCCCC(=O)[C@@H](NC(=O)[C@@H]1CSSC[C@H](NC(=O)[C@@H](Cc2c[nH]c3ccccc23)NC(=O)OC(C)(C)C)C(=O)C[C@@H](Cc2ccc(O)cc2)C(=O)N[C@H](CC2=CCc3ccccc32)C(=O)N[C@@H](CCCCNC(=O)OC(C)(C)C)C(=O)N[C@@H]([C@@H](C)O)C(=O)N1)[C@@H](C)O. The predicted octanol–water partition coefficient (Wildman–Crippen LogP) is 5.18. The molecule has 26 nitrogen and oxygen atoms in total. The van der Waals surface area contributed by atoms with Gasteiger partial charge in [-0.2, -0.15) is 0 Å². The first-order chi connectivity index (χ1) is 46.4. The molecule has 0 radical (unpaired) electrons. The second-order valence-electron chi connectivity index (χ2n) is 26.7. The summed E-state index contributed by atoms with van der Waals surface area (Å²) in [7, 11) is 1.89. The number of phenols is 1. The van der Waals surface area contributed by atoms with Gasteiger partial charge in [0.2, 0.25) is 41.4 Å². The van der Waals surface area contributed by atoms with Crippen molar-refractivity contribution in [3.8, 4) is 5.75 Å². The fourth-order valence-corrected chi connectivity index (χ4v) is 13.4. The van der Waals surface area contributed by atoms with Crippen molar-refractivity contribution in [2.45, 2.75) is 205 Å². The number of para-hydroxylation sites is 1. The maximum absolute atomic E-state index is 15.4. The molecule has 10 atom stereocenters. The van der Waals surface area contributed by atoms with E-state index in [2.05, 4.69) is 52.8 Å². The molecule has 98 heavy (non-hydrogen) atoms. The molecule has 0 bridgehead atoms. The van der Waals surface area contributed by atoms with Gasteiger partial charge in [0.15, 0.2) is 11.6 Å². The van der Waals surface area contributed by atoms with Crippen LogP contribution in [0.15, 0.2) is 85.1 Å². The zero-order valence-corrected chi connectivity index (χ0v) is 58.8. The molecule has 1 saturated heterocycles. The summed E-state index contributed by atoms with van der Waals surface area (Å²) in [4.78, 5) is 160. The molecule has 534 valence electrons. The Morgan fingerprint density at radius 1 is 0.694 bits per heavy atom. The molecule has 1 aliphatic carbocycles. The van der Waals surface area contributed by atoms with Crippen molar-refractivity contribution in [3.05, 3.63) is 107 Å². The lowest BCUT2D eigenvalue weighted by molar-refractivity contribution is -0.137. The number of carbonyl (C=O) groups is 11. The molecule has 2 heterocycles. The molecule has 9 amide bonds. The number of hydrogen-bond donors (Lipinski definition) is 13. The Morgan fingerprint density at radius 2 is 1.35 bits per heavy atom. The van der Waals surface area contributed by atoms with Gasteiger partial charge in [-0.15, -0.1) is 0 Å². The van der Waals surface area contributed by atoms with Crippen molar-refractivity contribution in [2.75, 3.05) is 24.6 Å². The Hall–Kier alpha value is -8.47. The first-order valence-corrected chi connectivity index (χ1v) is 35.7. The van der Waals surface area contributed by atoms with Crippen molar-refractivity contribution in [2.24, 2.45) is 5.92 Å². The molecular weight excluding hydrogens is 1300 g/mol. The molecule has 1 aliphatic heterocycles. The van der Waals surface area contributed by atoms with Crippen molar-refractivity contribution >= 4 is 103 Å². The number of carbonyl (C=O) groups excluding carboxylic acids is 11. The van der Waals surface area contributed by atoms with E-state index < -0.39 is 137 Å². The number of ether oxygens (including phenoxy) is 2. The average molecular weight is 1400 g/mol. The molecule has 0 saturated carbocycles. The monoisotopic (exact) mass is 1400 g/mol. The van der Waals surface area contributed by atoms with Crippen molar-refractivity contribution in [3.63, 3.8) is 0 Å². The number of ketones is 2. The zero-order chi connectivity index (χ0) is 71.9. The van der Waals surface area contributed by atoms with Gasteiger partial charge in [0, 0.05) is 79.7 Å². The Kier molecular flexibility index (Phi) is 30.0. The van der Waals surface area contributed by atoms with Crippen LogP contribution in [0.5, 0.6) is 5.75 Å². The van der Waals surface area contributed by atoms with Gasteiger partial charge in [-0.1, -0.05) is 89.2 Å². The van der Waals surface area contributed by atoms with E-state index >= 15 is 14.4 Å². The zero-order valence-electron chi connectivity index (χ0n) is 57.1. The van der Waals surface area contributed by atoms with E-state index in [1.807, 2.05) is 61.5 Å². The molecule has 0 unspecified atom stereocenters. The number of aliphatic hydroxyl groups excluding tert-OH is 2. The molecule has 1 aromatic heterocycles. The fourth-order valence-electron chi connectivity index (χ4n) is 11.0. The summed E-state index contributed by atoms with van der Waals surface area (Å²) in [5, 5.41) is 57.6. The second-order valence-corrected chi connectivity index (χ2v) is 29.2. The number of aliphatic hydroxyl groups is 2. The van der Waals surface area contributed by atoms with E-state index in [-0.39, 0.29) is 94.0 Å². The highest BCUT2D eigenvalue weighted by molar-refractivity contribution is 8.76. The smallest absolute Gasteiger partial charge is 0.408 e. The topological polar surface area (TPSA) is 391 Å². The Balaban J connectivity index is 1.43. The molecule has 1 fully saturated rings. The molecule has 0 spiro atoms. The van der Waals surface area contributed by atoms with Crippen LogP contribution in [0, 0.1) is 5.92 Å². The van der Waals surface area contributed by atoms with Gasteiger partial charge in [-0.05, 0) is 146 Å². The number of hydrogen-bond acceptors (Lipinski definition) is 18. The third-order valence-corrected chi connectivity index (χ3v) is 18.5. The van der Waals surface area contributed by atoms with Crippen LogP contribution in [0.25, 0.3) is 16.5 Å². The van der Waals surface area contributed by atoms with Crippen molar-refractivity contribution in [1.29, 1.82) is 0 Å². The molecule has 13 N–H and O–H groups in total. The van der Waals surface area contributed by atoms with Crippen LogP contribution < -0.4 is 47.9 Å². The summed E-state index contributed by atoms with van der Waals surface area (Å²) in [6.45, 7) is 14.6. The number of phenolic OH excluding ortho intramolecular Hbond substituents is 1. The van der Waals surface area contributed by atoms with E-state index in [4.69, 9.17) is 9.47 Å². The lowest BCUT2D eigenvalue weighted by Crippen LogP contribution is -2.62. The van der Waals surface area contributed by atoms with E-state index in [1.165, 1.54) is 26.0 Å². The fraction of sp³-hybridized carbons (Fsp3) is 0.529. The number of rotatable bonds is 25. The van der Waals surface area contributed by atoms with E-state index in [0.717, 1.165) is 43.6 Å². The molecule has 6 rings (SSSR count). The Labute approximate surface area is 579 Å². The van der Waals surface area contributed by atoms with Crippen LogP contribution in [0.4, 0.5) is 9.59 Å². The van der Waals surface area contributed by atoms with Gasteiger partial charge in [-0.25, -0.2) is 9.59 Å². The van der Waals surface area contributed by atoms with Crippen molar-refractivity contribution < 1.29 is 77.5 Å². The van der Waals surface area contributed by atoms with Crippen LogP contribution in [0.2, 0.25) is 0 Å². The largest absolute Gasteiger partial charge is 0.508 e. The third kappa shape index (κ3) is 25.4. The van der Waals surface area contributed by atoms with Crippen LogP contribution in [0.1, 0.15) is 142 Å². The number of aromatic amines is 1.